The largest absolute Gasteiger partial charge is 0.420 e. The summed E-state index contributed by atoms with van der Waals surface area (Å²) >= 11 is 0. The Bertz CT molecular complexity index is 478. The van der Waals surface area contributed by atoms with Crippen LogP contribution in [0.15, 0.2) is 6.07 Å². The first-order valence-corrected chi connectivity index (χ1v) is 4.65. The van der Waals surface area contributed by atoms with Crippen LogP contribution in [-0.2, 0) is 9.59 Å². The number of rotatable bonds is 4. The van der Waals surface area contributed by atoms with Crippen molar-refractivity contribution in [2.24, 2.45) is 5.73 Å². The Hall–Kier alpha value is -2.12. The van der Waals surface area contributed by atoms with Gasteiger partial charge in [0, 0.05) is 12.5 Å². The molecule has 0 heterocycles. The number of hydrogen-bond donors (Lipinski definition) is 1. The van der Waals surface area contributed by atoms with Crippen molar-refractivity contribution in [2.75, 3.05) is 0 Å². The predicted octanol–water partition coefficient (Wildman–Crippen LogP) is 1.41. The molecule has 0 saturated carbocycles. The summed E-state index contributed by atoms with van der Waals surface area (Å²) in [6.07, 6.45) is -0.980. The van der Waals surface area contributed by atoms with E-state index in [1.165, 1.54) is 0 Å². The smallest absolute Gasteiger partial charge is 0.311 e. The molecule has 0 aliphatic rings. The normalized spacial score (nSPS) is 10.2. The maximum Gasteiger partial charge on any atom is 0.311 e. The zero-order valence-corrected chi connectivity index (χ0v) is 8.81. The number of carbonyl (C=O) groups is 2. The number of ether oxygens (including phenoxy) is 1. The van der Waals surface area contributed by atoms with Crippen molar-refractivity contribution in [3.05, 3.63) is 29.3 Å². The Balaban J connectivity index is 2.90. The molecule has 0 saturated heterocycles. The van der Waals surface area contributed by atoms with Crippen molar-refractivity contribution >= 4 is 11.9 Å². The van der Waals surface area contributed by atoms with E-state index >= 15 is 0 Å². The van der Waals surface area contributed by atoms with Gasteiger partial charge in [-0.15, -0.1) is 0 Å². The number of primary amides is 1. The van der Waals surface area contributed by atoms with E-state index in [-0.39, 0.29) is 6.07 Å². The van der Waals surface area contributed by atoms with Crippen molar-refractivity contribution in [2.45, 2.75) is 12.8 Å². The van der Waals surface area contributed by atoms with Crippen LogP contribution >= 0.6 is 0 Å². The molecule has 18 heavy (non-hydrogen) atoms. The molecule has 0 aromatic heterocycles. The minimum Gasteiger partial charge on any atom is -0.420 e. The lowest BCUT2D eigenvalue weighted by atomic mass is 10.2. The molecule has 0 aliphatic heterocycles. The highest BCUT2D eigenvalue weighted by atomic mass is 19.2. The third-order valence-corrected chi connectivity index (χ3v) is 1.86. The van der Waals surface area contributed by atoms with Gasteiger partial charge in [0.15, 0.2) is 11.6 Å². The molecule has 2 N–H and O–H groups in total. The fourth-order valence-corrected chi connectivity index (χ4v) is 1.03. The molecule has 8 heteroatoms. The highest BCUT2D eigenvalue weighted by Gasteiger charge is 2.22. The van der Waals surface area contributed by atoms with E-state index < -0.39 is 53.7 Å². The molecular weight excluding hydrogens is 258 g/mol. The third kappa shape index (κ3) is 3.19. The van der Waals surface area contributed by atoms with Gasteiger partial charge in [0.05, 0.1) is 6.42 Å². The number of nitrogens with two attached hydrogens (primary N) is 1. The van der Waals surface area contributed by atoms with Crippen molar-refractivity contribution < 1.29 is 31.9 Å². The van der Waals surface area contributed by atoms with Crippen LogP contribution < -0.4 is 10.5 Å². The van der Waals surface area contributed by atoms with E-state index in [1.54, 1.807) is 0 Å². The number of halogens is 4. The van der Waals surface area contributed by atoms with Gasteiger partial charge in [0.1, 0.15) is 0 Å². The summed E-state index contributed by atoms with van der Waals surface area (Å²) in [7, 11) is 0. The molecule has 0 radical (unpaired) electrons. The quantitative estimate of drug-likeness (QED) is 0.387. The first kappa shape index (κ1) is 13.9. The van der Waals surface area contributed by atoms with Gasteiger partial charge in [-0.25, -0.2) is 8.78 Å². The summed E-state index contributed by atoms with van der Waals surface area (Å²) in [4.78, 5) is 21.4. The van der Waals surface area contributed by atoms with E-state index in [0.29, 0.717) is 0 Å². The Labute approximate surface area is 98.3 Å². The standard InChI is InChI=1S/C10H7F4NO3/c11-4-3-5(12)9(14)10(8(4)13)18-7(17)2-1-6(15)16/h3H,1-2H2,(H2,15,16). The van der Waals surface area contributed by atoms with Crippen LogP contribution in [0.4, 0.5) is 17.6 Å². The van der Waals surface area contributed by atoms with Crippen LogP contribution in [0.5, 0.6) is 5.75 Å². The Morgan fingerprint density at radius 1 is 1.06 bits per heavy atom. The predicted molar refractivity (Wildman–Crippen MR) is 50.3 cm³/mol. The van der Waals surface area contributed by atoms with Gasteiger partial charge in [-0.1, -0.05) is 0 Å². The second kappa shape index (κ2) is 5.48. The summed E-state index contributed by atoms with van der Waals surface area (Å²) in [6, 6.07) is -0.0224. The average Bonchev–Trinajstić information content (AvgIpc) is 2.29. The number of hydrogen-bond acceptors (Lipinski definition) is 3. The molecule has 0 bridgehead atoms. The Morgan fingerprint density at radius 2 is 1.56 bits per heavy atom. The van der Waals surface area contributed by atoms with Crippen LogP contribution in [0.1, 0.15) is 12.8 Å². The van der Waals surface area contributed by atoms with Crippen molar-refractivity contribution in [3.63, 3.8) is 0 Å². The lowest BCUT2D eigenvalue weighted by molar-refractivity contribution is -0.136. The molecule has 98 valence electrons. The Kier molecular flexibility index (Phi) is 4.24. The van der Waals surface area contributed by atoms with Gasteiger partial charge < -0.3 is 10.5 Å². The SMILES string of the molecule is NC(=O)CCC(=O)Oc1c(F)c(F)cc(F)c1F. The first-order chi connectivity index (χ1) is 8.32. The van der Waals surface area contributed by atoms with E-state index in [4.69, 9.17) is 5.73 Å². The third-order valence-electron chi connectivity index (χ3n) is 1.86. The van der Waals surface area contributed by atoms with E-state index in [9.17, 15) is 27.2 Å². The fourth-order valence-electron chi connectivity index (χ4n) is 1.03. The minimum atomic E-state index is -1.83. The maximum absolute atomic E-state index is 13.1. The second-order valence-electron chi connectivity index (χ2n) is 3.24. The Morgan fingerprint density at radius 3 is 2.00 bits per heavy atom. The van der Waals surface area contributed by atoms with Crippen LogP contribution in [0.3, 0.4) is 0 Å². The number of benzene rings is 1. The second-order valence-corrected chi connectivity index (χ2v) is 3.24. The monoisotopic (exact) mass is 265 g/mol. The highest BCUT2D eigenvalue weighted by molar-refractivity contribution is 5.81. The molecule has 0 fully saturated rings. The number of esters is 1. The molecule has 1 aromatic carbocycles. The van der Waals surface area contributed by atoms with E-state index in [0.717, 1.165) is 0 Å². The zero-order valence-electron chi connectivity index (χ0n) is 8.81. The summed E-state index contributed by atoms with van der Waals surface area (Å²) in [5, 5.41) is 0. The molecular formula is C10H7F4NO3. The van der Waals surface area contributed by atoms with E-state index in [1.807, 2.05) is 0 Å². The lowest BCUT2D eigenvalue weighted by Crippen LogP contribution is -2.17. The first-order valence-electron chi connectivity index (χ1n) is 4.65. The summed E-state index contributed by atoms with van der Waals surface area (Å²) in [5.74, 6) is -10.6. The van der Waals surface area contributed by atoms with Gasteiger partial charge in [0.2, 0.25) is 23.3 Å². The minimum absolute atomic E-state index is 0.0224. The number of amides is 1. The lowest BCUT2D eigenvalue weighted by Gasteiger charge is -2.07. The van der Waals surface area contributed by atoms with Gasteiger partial charge in [-0.05, 0) is 0 Å². The van der Waals surface area contributed by atoms with E-state index in [2.05, 4.69) is 4.74 Å². The van der Waals surface area contributed by atoms with Crippen LogP contribution in [0, 0.1) is 23.3 Å². The van der Waals surface area contributed by atoms with Gasteiger partial charge in [-0.2, -0.15) is 8.78 Å². The molecule has 1 rings (SSSR count). The zero-order chi connectivity index (χ0) is 13.9. The van der Waals surface area contributed by atoms with Crippen LogP contribution in [0.2, 0.25) is 0 Å². The fraction of sp³-hybridized carbons (Fsp3) is 0.200. The van der Waals surface area contributed by atoms with Crippen molar-refractivity contribution in [1.29, 1.82) is 0 Å². The molecule has 0 aliphatic carbocycles. The molecule has 1 amide bonds. The van der Waals surface area contributed by atoms with Crippen LogP contribution in [0.25, 0.3) is 0 Å². The summed E-state index contributed by atoms with van der Waals surface area (Å²) in [6.45, 7) is 0. The molecule has 0 atom stereocenters. The topological polar surface area (TPSA) is 69.4 Å². The van der Waals surface area contributed by atoms with Gasteiger partial charge in [-0.3, -0.25) is 9.59 Å². The van der Waals surface area contributed by atoms with Gasteiger partial charge >= 0.3 is 5.97 Å². The maximum atomic E-state index is 13.1. The van der Waals surface area contributed by atoms with Crippen molar-refractivity contribution in [3.8, 4) is 5.75 Å². The molecule has 0 unspecified atom stereocenters. The van der Waals surface area contributed by atoms with Crippen LogP contribution in [-0.4, -0.2) is 11.9 Å². The molecule has 0 spiro atoms. The van der Waals surface area contributed by atoms with Gasteiger partial charge in [0.25, 0.3) is 0 Å². The summed E-state index contributed by atoms with van der Waals surface area (Å²) < 4.78 is 55.7. The average molecular weight is 265 g/mol. The van der Waals surface area contributed by atoms with Crippen molar-refractivity contribution in [1.82, 2.24) is 0 Å². The molecule has 1 aromatic rings. The summed E-state index contributed by atoms with van der Waals surface area (Å²) in [5.41, 5.74) is 4.73. The number of carbonyl (C=O) groups excluding carboxylic acids is 2. The molecule has 4 nitrogen and oxygen atoms in total. The highest BCUT2D eigenvalue weighted by Crippen LogP contribution is 2.26.